The van der Waals surface area contributed by atoms with Gasteiger partial charge in [-0.2, -0.15) is 5.10 Å². The molecule has 2 N–H and O–H groups in total. The zero-order valence-corrected chi connectivity index (χ0v) is 11.8. The molecule has 3 unspecified atom stereocenters. The summed E-state index contributed by atoms with van der Waals surface area (Å²) in [5.41, 5.74) is 7.32. The summed E-state index contributed by atoms with van der Waals surface area (Å²) in [4.78, 5) is 0. The Morgan fingerprint density at radius 1 is 1.39 bits per heavy atom. The van der Waals surface area contributed by atoms with E-state index in [2.05, 4.69) is 18.2 Å². The fourth-order valence-corrected chi connectivity index (χ4v) is 3.53. The van der Waals surface area contributed by atoms with E-state index in [4.69, 9.17) is 5.73 Å². The molecule has 0 spiro atoms. The smallest absolute Gasteiger partial charge is 0.0521 e. The highest BCUT2D eigenvalue weighted by Gasteiger charge is 2.29. The van der Waals surface area contributed by atoms with Gasteiger partial charge in [0.15, 0.2) is 0 Å². The molecule has 1 saturated carbocycles. The molecule has 1 fully saturated rings. The third kappa shape index (κ3) is 3.35. The number of rotatable bonds is 5. The van der Waals surface area contributed by atoms with Crippen molar-refractivity contribution in [2.75, 3.05) is 6.54 Å². The van der Waals surface area contributed by atoms with Crippen LogP contribution in [-0.2, 0) is 13.5 Å². The van der Waals surface area contributed by atoms with E-state index in [1.54, 1.807) is 0 Å². The van der Waals surface area contributed by atoms with Crippen molar-refractivity contribution >= 4 is 0 Å². The van der Waals surface area contributed by atoms with E-state index < -0.39 is 0 Å². The van der Waals surface area contributed by atoms with Crippen molar-refractivity contribution in [3.63, 3.8) is 0 Å². The van der Waals surface area contributed by atoms with Gasteiger partial charge in [-0.3, -0.25) is 4.68 Å². The van der Waals surface area contributed by atoms with Gasteiger partial charge in [-0.1, -0.05) is 26.2 Å². The summed E-state index contributed by atoms with van der Waals surface area (Å²) >= 11 is 0. The number of nitrogens with zero attached hydrogens (tertiary/aromatic N) is 2. The highest BCUT2D eigenvalue weighted by Crippen LogP contribution is 2.37. The van der Waals surface area contributed by atoms with Gasteiger partial charge < -0.3 is 5.73 Å². The second kappa shape index (κ2) is 6.37. The van der Waals surface area contributed by atoms with Crippen LogP contribution in [0.3, 0.4) is 0 Å². The van der Waals surface area contributed by atoms with Gasteiger partial charge in [0.25, 0.3) is 0 Å². The van der Waals surface area contributed by atoms with Gasteiger partial charge in [-0.15, -0.1) is 0 Å². The van der Waals surface area contributed by atoms with Gasteiger partial charge >= 0.3 is 0 Å². The van der Waals surface area contributed by atoms with Crippen molar-refractivity contribution in [3.8, 4) is 0 Å². The predicted octanol–water partition coefficient (Wildman–Crippen LogP) is 2.75. The second-order valence-corrected chi connectivity index (χ2v) is 5.95. The van der Waals surface area contributed by atoms with Crippen LogP contribution in [0.25, 0.3) is 0 Å². The van der Waals surface area contributed by atoms with Crippen molar-refractivity contribution in [1.29, 1.82) is 0 Å². The van der Waals surface area contributed by atoms with Gasteiger partial charge in [0, 0.05) is 13.2 Å². The Morgan fingerprint density at radius 2 is 2.22 bits per heavy atom. The van der Waals surface area contributed by atoms with E-state index in [0.717, 1.165) is 30.7 Å². The minimum absolute atomic E-state index is 0.721. The number of nitrogens with two attached hydrogens (primary N) is 1. The molecular formula is C15H27N3. The molecule has 1 aliphatic carbocycles. The van der Waals surface area contributed by atoms with Crippen molar-refractivity contribution in [2.24, 2.45) is 30.5 Å². The molecule has 102 valence electrons. The molecule has 1 heterocycles. The average Bonchev–Trinajstić information content (AvgIpc) is 2.76. The SMILES string of the molecule is CCCC1CCC(CN)C(Cc2cnn(C)c2)C1. The Morgan fingerprint density at radius 3 is 2.83 bits per heavy atom. The molecule has 0 radical (unpaired) electrons. The topological polar surface area (TPSA) is 43.8 Å². The van der Waals surface area contributed by atoms with Crippen LogP contribution < -0.4 is 5.73 Å². The Kier molecular flexibility index (Phi) is 4.81. The third-order valence-corrected chi connectivity index (χ3v) is 4.50. The Labute approximate surface area is 111 Å². The van der Waals surface area contributed by atoms with Crippen molar-refractivity contribution < 1.29 is 0 Å². The lowest BCUT2D eigenvalue weighted by Crippen LogP contribution is -2.31. The first-order valence-electron chi connectivity index (χ1n) is 7.40. The van der Waals surface area contributed by atoms with Gasteiger partial charge in [-0.25, -0.2) is 0 Å². The minimum Gasteiger partial charge on any atom is -0.330 e. The van der Waals surface area contributed by atoms with Crippen LogP contribution in [0, 0.1) is 17.8 Å². The lowest BCUT2D eigenvalue weighted by molar-refractivity contribution is 0.175. The Hall–Kier alpha value is -0.830. The van der Waals surface area contributed by atoms with Crippen LogP contribution >= 0.6 is 0 Å². The third-order valence-electron chi connectivity index (χ3n) is 4.50. The highest BCUT2D eigenvalue weighted by molar-refractivity contribution is 5.06. The maximum atomic E-state index is 5.95. The first-order valence-corrected chi connectivity index (χ1v) is 7.40. The van der Waals surface area contributed by atoms with Crippen LogP contribution in [0.2, 0.25) is 0 Å². The lowest BCUT2D eigenvalue weighted by atomic mass is 9.71. The van der Waals surface area contributed by atoms with Gasteiger partial charge in [0.2, 0.25) is 0 Å². The summed E-state index contributed by atoms with van der Waals surface area (Å²) in [6, 6.07) is 0. The summed E-state index contributed by atoms with van der Waals surface area (Å²) < 4.78 is 1.90. The summed E-state index contributed by atoms with van der Waals surface area (Å²) in [6.07, 6.45) is 12.1. The standard InChI is InChI=1S/C15H27N3/c1-3-4-12-5-6-14(9-16)15(7-12)8-13-10-17-18(2)11-13/h10-12,14-15H,3-9,16H2,1-2H3. The molecular weight excluding hydrogens is 222 g/mol. The summed E-state index contributed by atoms with van der Waals surface area (Å²) in [5.74, 6) is 2.42. The van der Waals surface area contributed by atoms with Gasteiger partial charge in [0.1, 0.15) is 0 Å². The van der Waals surface area contributed by atoms with Crippen LogP contribution in [0.1, 0.15) is 44.6 Å². The fraction of sp³-hybridized carbons (Fsp3) is 0.800. The largest absolute Gasteiger partial charge is 0.330 e. The first kappa shape index (κ1) is 13.6. The van der Waals surface area contributed by atoms with E-state index in [0.29, 0.717) is 0 Å². The molecule has 0 saturated heterocycles. The molecule has 2 rings (SSSR count). The molecule has 0 aromatic carbocycles. The maximum Gasteiger partial charge on any atom is 0.0521 e. The maximum absolute atomic E-state index is 5.95. The van der Waals surface area contributed by atoms with E-state index in [1.807, 2.05) is 17.9 Å². The molecule has 0 bridgehead atoms. The average molecular weight is 249 g/mol. The summed E-state index contributed by atoms with van der Waals surface area (Å²) in [5, 5.41) is 4.27. The molecule has 3 heteroatoms. The summed E-state index contributed by atoms with van der Waals surface area (Å²) in [6.45, 7) is 3.15. The predicted molar refractivity (Wildman–Crippen MR) is 75.2 cm³/mol. The molecule has 1 aliphatic rings. The minimum atomic E-state index is 0.721. The number of aromatic nitrogens is 2. The number of hydrogen-bond acceptors (Lipinski definition) is 2. The van der Waals surface area contributed by atoms with E-state index in [1.165, 1.54) is 37.7 Å². The molecule has 18 heavy (non-hydrogen) atoms. The van der Waals surface area contributed by atoms with Crippen molar-refractivity contribution in [1.82, 2.24) is 9.78 Å². The molecule has 3 nitrogen and oxygen atoms in total. The van der Waals surface area contributed by atoms with Crippen molar-refractivity contribution in [2.45, 2.75) is 45.4 Å². The van der Waals surface area contributed by atoms with E-state index in [9.17, 15) is 0 Å². The molecule has 0 amide bonds. The van der Waals surface area contributed by atoms with Crippen LogP contribution in [0.15, 0.2) is 12.4 Å². The van der Waals surface area contributed by atoms with Crippen LogP contribution in [0.5, 0.6) is 0 Å². The Balaban J connectivity index is 1.97. The van der Waals surface area contributed by atoms with Crippen LogP contribution in [0.4, 0.5) is 0 Å². The highest BCUT2D eigenvalue weighted by atomic mass is 15.2. The zero-order valence-electron chi connectivity index (χ0n) is 11.8. The first-order chi connectivity index (χ1) is 8.72. The van der Waals surface area contributed by atoms with E-state index >= 15 is 0 Å². The van der Waals surface area contributed by atoms with E-state index in [-0.39, 0.29) is 0 Å². The molecule has 3 atom stereocenters. The fourth-order valence-electron chi connectivity index (χ4n) is 3.53. The molecule has 1 aromatic heterocycles. The van der Waals surface area contributed by atoms with Crippen LogP contribution in [-0.4, -0.2) is 16.3 Å². The summed E-state index contributed by atoms with van der Waals surface area (Å²) in [7, 11) is 1.99. The number of hydrogen-bond donors (Lipinski definition) is 1. The van der Waals surface area contributed by atoms with Gasteiger partial charge in [0.05, 0.1) is 6.20 Å². The molecule has 0 aliphatic heterocycles. The lowest BCUT2D eigenvalue weighted by Gasteiger charge is -2.35. The Bertz CT molecular complexity index is 358. The normalized spacial score (nSPS) is 28.5. The zero-order chi connectivity index (χ0) is 13.0. The number of aryl methyl sites for hydroxylation is 1. The second-order valence-electron chi connectivity index (χ2n) is 5.95. The quantitative estimate of drug-likeness (QED) is 0.872. The van der Waals surface area contributed by atoms with Gasteiger partial charge in [-0.05, 0) is 49.1 Å². The van der Waals surface area contributed by atoms with Crippen molar-refractivity contribution in [3.05, 3.63) is 18.0 Å². The monoisotopic (exact) mass is 249 g/mol. The molecule has 1 aromatic rings.